The number of carboxylic acids is 1. The number of hydrogen-bond acceptors (Lipinski definition) is 1. The number of carboxylic acid groups (broad SMARTS) is 1. The van der Waals surface area contributed by atoms with Crippen molar-refractivity contribution < 1.29 is 9.90 Å². The largest absolute Gasteiger partial charge is 0.481 e. The molecule has 0 aliphatic heterocycles. The smallest absolute Gasteiger partial charge is 0.303 e. The predicted octanol–water partition coefficient (Wildman–Crippen LogP) is 5.35. The first-order valence-corrected chi connectivity index (χ1v) is 8.27. The number of unbranched alkanes of at least 4 members (excludes halogenated alkanes) is 4. The lowest BCUT2D eigenvalue weighted by molar-refractivity contribution is -0.137. The summed E-state index contributed by atoms with van der Waals surface area (Å²) in [5.41, 5.74) is 0. The van der Waals surface area contributed by atoms with Gasteiger partial charge >= 0.3 is 5.97 Å². The standard InChI is InChI=1S/C18H30O2/c1-2-3-4-6-11-16-13-9-10-14-17(16)12-7-5-8-15-18(19)20/h6,9-11,16-17H,2-5,7-8,12-15H2,1H3,(H,19,20). The molecule has 20 heavy (non-hydrogen) atoms. The van der Waals surface area contributed by atoms with Gasteiger partial charge in [-0.05, 0) is 43.9 Å². The molecular weight excluding hydrogens is 248 g/mol. The summed E-state index contributed by atoms with van der Waals surface area (Å²) in [7, 11) is 0. The van der Waals surface area contributed by atoms with Crippen LogP contribution in [0.2, 0.25) is 0 Å². The normalized spacial score (nSPS) is 22.4. The van der Waals surface area contributed by atoms with E-state index in [-0.39, 0.29) is 0 Å². The van der Waals surface area contributed by atoms with Crippen LogP contribution in [0.5, 0.6) is 0 Å². The zero-order valence-corrected chi connectivity index (χ0v) is 12.9. The van der Waals surface area contributed by atoms with E-state index >= 15 is 0 Å². The molecule has 1 aliphatic rings. The fourth-order valence-corrected chi connectivity index (χ4v) is 2.91. The highest BCUT2D eigenvalue weighted by molar-refractivity contribution is 5.66. The van der Waals surface area contributed by atoms with Gasteiger partial charge in [0.1, 0.15) is 0 Å². The van der Waals surface area contributed by atoms with E-state index in [2.05, 4.69) is 31.2 Å². The molecule has 0 saturated carbocycles. The summed E-state index contributed by atoms with van der Waals surface area (Å²) in [6.45, 7) is 2.23. The Bertz CT molecular complexity index is 317. The summed E-state index contributed by atoms with van der Waals surface area (Å²) in [6.07, 6.45) is 20.2. The van der Waals surface area contributed by atoms with Crippen molar-refractivity contribution in [3.63, 3.8) is 0 Å². The Morgan fingerprint density at radius 2 is 2.00 bits per heavy atom. The van der Waals surface area contributed by atoms with Gasteiger partial charge in [0.15, 0.2) is 0 Å². The molecule has 1 aliphatic carbocycles. The molecule has 2 heteroatoms. The SMILES string of the molecule is CCCCC=CC1CC=CCC1CCCCCC(=O)O. The van der Waals surface area contributed by atoms with Crippen molar-refractivity contribution in [2.24, 2.45) is 11.8 Å². The third kappa shape index (κ3) is 7.52. The molecule has 2 nitrogen and oxygen atoms in total. The fourth-order valence-electron chi connectivity index (χ4n) is 2.91. The molecule has 0 aromatic rings. The monoisotopic (exact) mass is 278 g/mol. The zero-order chi connectivity index (χ0) is 14.6. The highest BCUT2D eigenvalue weighted by Crippen LogP contribution is 2.31. The molecule has 0 spiro atoms. The number of aliphatic carboxylic acids is 1. The molecule has 2 unspecified atom stereocenters. The van der Waals surface area contributed by atoms with Gasteiger partial charge in [0, 0.05) is 6.42 Å². The lowest BCUT2D eigenvalue weighted by atomic mass is 9.79. The van der Waals surface area contributed by atoms with Crippen LogP contribution in [0.15, 0.2) is 24.3 Å². The molecule has 114 valence electrons. The number of allylic oxidation sites excluding steroid dienone is 4. The Hall–Kier alpha value is -1.05. The Labute approximate surface area is 124 Å². The number of carbonyl (C=O) groups is 1. The van der Waals surface area contributed by atoms with Crippen LogP contribution in [-0.4, -0.2) is 11.1 Å². The molecule has 1 rings (SSSR count). The predicted molar refractivity (Wildman–Crippen MR) is 84.7 cm³/mol. The molecule has 0 radical (unpaired) electrons. The number of hydrogen-bond donors (Lipinski definition) is 1. The van der Waals surface area contributed by atoms with Gasteiger partial charge in [-0.1, -0.05) is 56.9 Å². The zero-order valence-electron chi connectivity index (χ0n) is 12.9. The minimum absolute atomic E-state index is 0.324. The second kappa shape index (κ2) is 10.7. The first kappa shape index (κ1) is 17.0. The van der Waals surface area contributed by atoms with Gasteiger partial charge in [-0.2, -0.15) is 0 Å². The van der Waals surface area contributed by atoms with Crippen LogP contribution in [0.25, 0.3) is 0 Å². The minimum Gasteiger partial charge on any atom is -0.481 e. The minimum atomic E-state index is -0.665. The van der Waals surface area contributed by atoms with Crippen molar-refractivity contribution in [2.45, 2.75) is 71.1 Å². The van der Waals surface area contributed by atoms with E-state index in [1.54, 1.807) is 0 Å². The van der Waals surface area contributed by atoms with Crippen molar-refractivity contribution >= 4 is 5.97 Å². The first-order chi connectivity index (χ1) is 9.74. The van der Waals surface area contributed by atoms with Crippen molar-refractivity contribution in [2.75, 3.05) is 0 Å². The molecule has 0 heterocycles. The highest BCUT2D eigenvalue weighted by atomic mass is 16.4. The summed E-state index contributed by atoms with van der Waals surface area (Å²) < 4.78 is 0. The summed E-state index contributed by atoms with van der Waals surface area (Å²) in [5, 5.41) is 8.63. The molecule has 0 saturated heterocycles. The van der Waals surface area contributed by atoms with Crippen LogP contribution in [0, 0.1) is 11.8 Å². The average molecular weight is 278 g/mol. The Morgan fingerprint density at radius 1 is 1.20 bits per heavy atom. The van der Waals surface area contributed by atoms with E-state index < -0.39 is 5.97 Å². The molecule has 0 fully saturated rings. The van der Waals surface area contributed by atoms with Gasteiger partial charge in [0.2, 0.25) is 0 Å². The molecule has 0 bridgehead atoms. The van der Waals surface area contributed by atoms with Gasteiger partial charge in [-0.25, -0.2) is 0 Å². The van der Waals surface area contributed by atoms with Crippen LogP contribution >= 0.6 is 0 Å². The molecule has 1 N–H and O–H groups in total. The van der Waals surface area contributed by atoms with Crippen LogP contribution in [0.1, 0.15) is 71.1 Å². The van der Waals surface area contributed by atoms with Crippen molar-refractivity contribution in [1.82, 2.24) is 0 Å². The van der Waals surface area contributed by atoms with E-state index in [4.69, 9.17) is 5.11 Å². The molecular formula is C18H30O2. The van der Waals surface area contributed by atoms with Crippen molar-refractivity contribution in [3.05, 3.63) is 24.3 Å². The van der Waals surface area contributed by atoms with Crippen LogP contribution in [0.4, 0.5) is 0 Å². The fraction of sp³-hybridized carbons (Fsp3) is 0.722. The lowest BCUT2D eigenvalue weighted by Gasteiger charge is -2.26. The molecule has 0 aromatic carbocycles. The maximum absolute atomic E-state index is 10.5. The molecule has 0 aromatic heterocycles. The van der Waals surface area contributed by atoms with Gasteiger partial charge in [0.05, 0.1) is 0 Å². The second-order valence-corrected chi connectivity index (χ2v) is 5.93. The van der Waals surface area contributed by atoms with Crippen LogP contribution < -0.4 is 0 Å². The maximum atomic E-state index is 10.5. The van der Waals surface area contributed by atoms with Gasteiger partial charge < -0.3 is 5.11 Å². The maximum Gasteiger partial charge on any atom is 0.303 e. The average Bonchev–Trinajstić information content (AvgIpc) is 2.44. The third-order valence-electron chi connectivity index (χ3n) is 4.19. The Balaban J connectivity index is 2.24. The van der Waals surface area contributed by atoms with Crippen molar-refractivity contribution in [3.8, 4) is 0 Å². The Kier molecular flexibility index (Phi) is 9.10. The molecule has 2 atom stereocenters. The highest BCUT2D eigenvalue weighted by Gasteiger charge is 2.19. The first-order valence-electron chi connectivity index (χ1n) is 8.27. The second-order valence-electron chi connectivity index (χ2n) is 5.93. The molecule has 0 amide bonds. The van der Waals surface area contributed by atoms with E-state index in [1.807, 2.05) is 0 Å². The van der Waals surface area contributed by atoms with Crippen LogP contribution in [0.3, 0.4) is 0 Å². The van der Waals surface area contributed by atoms with E-state index in [1.165, 1.54) is 44.9 Å². The van der Waals surface area contributed by atoms with Gasteiger partial charge in [-0.15, -0.1) is 0 Å². The third-order valence-corrected chi connectivity index (χ3v) is 4.19. The lowest BCUT2D eigenvalue weighted by Crippen LogP contribution is -2.14. The van der Waals surface area contributed by atoms with Crippen molar-refractivity contribution in [1.29, 1.82) is 0 Å². The topological polar surface area (TPSA) is 37.3 Å². The van der Waals surface area contributed by atoms with Gasteiger partial charge in [-0.3, -0.25) is 4.79 Å². The van der Waals surface area contributed by atoms with E-state index in [0.717, 1.165) is 18.8 Å². The number of rotatable bonds is 10. The summed E-state index contributed by atoms with van der Waals surface area (Å²) in [5.74, 6) is 0.807. The summed E-state index contributed by atoms with van der Waals surface area (Å²) in [6, 6.07) is 0. The van der Waals surface area contributed by atoms with E-state index in [9.17, 15) is 4.79 Å². The van der Waals surface area contributed by atoms with Gasteiger partial charge in [0.25, 0.3) is 0 Å². The van der Waals surface area contributed by atoms with Crippen LogP contribution in [-0.2, 0) is 4.79 Å². The summed E-state index contributed by atoms with van der Waals surface area (Å²) >= 11 is 0. The quantitative estimate of drug-likeness (QED) is 0.432. The Morgan fingerprint density at radius 3 is 2.75 bits per heavy atom. The van der Waals surface area contributed by atoms with E-state index in [0.29, 0.717) is 12.3 Å². The summed E-state index contributed by atoms with van der Waals surface area (Å²) in [4.78, 5) is 10.5.